The highest BCUT2D eigenvalue weighted by molar-refractivity contribution is 9.10. The third kappa shape index (κ3) is 3.93. The molecule has 108 valence electrons. The normalized spacial score (nSPS) is 12.6. The Hall–Kier alpha value is -0.650. The Morgan fingerprint density at radius 3 is 2.75 bits per heavy atom. The Kier molecular flexibility index (Phi) is 5.81. The zero-order valence-electron chi connectivity index (χ0n) is 11.1. The first-order valence-electron chi connectivity index (χ1n) is 6.52. The summed E-state index contributed by atoms with van der Waals surface area (Å²) in [6, 6.07) is 6.95. The summed E-state index contributed by atoms with van der Waals surface area (Å²) in [6.45, 7) is 2.98. The molecule has 1 aromatic heterocycles. The summed E-state index contributed by atoms with van der Waals surface area (Å²) in [5, 5.41) is 3.44. The minimum Gasteiger partial charge on any atom is -0.457 e. The summed E-state index contributed by atoms with van der Waals surface area (Å²) in [5.74, 6) is -0.184. The van der Waals surface area contributed by atoms with E-state index in [0.29, 0.717) is 16.7 Å². The smallest absolute Gasteiger partial charge is 0.173 e. The molecule has 2 aromatic rings. The van der Waals surface area contributed by atoms with Gasteiger partial charge in [-0.05, 0) is 65.1 Å². The van der Waals surface area contributed by atoms with Gasteiger partial charge in [-0.25, -0.2) is 4.39 Å². The Bertz CT molecular complexity index is 571. The van der Waals surface area contributed by atoms with Gasteiger partial charge in [0.2, 0.25) is 0 Å². The molecule has 1 unspecified atom stereocenters. The van der Waals surface area contributed by atoms with Crippen molar-refractivity contribution in [3.8, 4) is 0 Å². The molecule has 0 aliphatic rings. The summed E-state index contributed by atoms with van der Waals surface area (Å²) in [5.41, 5.74) is 1.69. The molecular formula is C15H16Br2FNO. The van der Waals surface area contributed by atoms with E-state index in [4.69, 9.17) is 4.42 Å². The summed E-state index contributed by atoms with van der Waals surface area (Å²) in [7, 11) is 0. The van der Waals surface area contributed by atoms with E-state index in [1.165, 1.54) is 6.07 Å². The van der Waals surface area contributed by atoms with Crippen molar-refractivity contribution in [1.82, 2.24) is 5.32 Å². The minimum absolute atomic E-state index is 0.0203. The average Bonchev–Trinajstić information content (AvgIpc) is 2.84. The monoisotopic (exact) mass is 403 g/mol. The van der Waals surface area contributed by atoms with E-state index >= 15 is 0 Å². The maximum atomic E-state index is 13.9. The first-order valence-corrected chi connectivity index (χ1v) is 8.10. The molecule has 1 aromatic carbocycles. The van der Waals surface area contributed by atoms with Crippen LogP contribution in [0.25, 0.3) is 0 Å². The Balaban J connectivity index is 2.23. The Morgan fingerprint density at radius 1 is 1.30 bits per heavy atom. The minimum atomic E-state index is -0.184. The van der Waals surface area contributed by atoms with E-state index in [1.807, 2.05) is 12.1 Å². The Labute approximate surface area is 135 Å². The van der Waals surface area contributed by atoms with Crippen molar-refractivity contribution in [2.75, 3.05) is 6.54 Å². The fraction of sp³-hybridized carbons (Fsp3) is 0.333. The molecule has 0 aliphatic carbocycles. The van der Waals surface area contributed by atoms with E-state index in [0.717, 1.165) is 23.0 Å². The first kappa shape index (κ1) is 15.7. The van der Waals surface area contributed by atoms with Crippen LogP contribution in [0.4, 0.5) is 4.39 Å². The van der Waals surface area contributed by atoms with Gasteiger partial charge >= 0.3 is 0 Å². The lowest BCUT2D eigenvalue weighted by Gasteiger charge is -2.18. The number of nitrogens with one attached hydrogen (secondary N) is 1. The molecule has 20 heavy (non-hydrogen) atoms. The lowest BCUT2D eigenvalue weighted by atomic mass is 10.0. The van der Waals surface area contributed by atoms with Crippen LogP contribution in [-0.2, 0) is 6.42 Å². The Morgan fingerprint density at radius 2 is 2.10 bits per heavy atom. The number of hydrogen-bond donors (Lipinski definition) is 1. The van der Waals surface area contributed by atoms with Crippen LogP contribution < -0.4 is 5.32 Å². The molecule has 1 atom stereocenters. The van der Waals surface area contributed by atoms with Gasteiger partial charge in [0.05, 0.1) is 6.26 Å². The van der Waals surface area contributed by atoms with Crippen molar-refractivity contribution in [2.24, 2.45) is 0 Å². The third-order valence-electron chi connectivity index (χ3n) is 3.09. The second kappa shape index (κ2) is 7.38. The van der Waals surface area contributed by atoms with Crippen LogP contribution in [0.5, 0.6) is 0 Å². The fourth-order valence-corrected chi connectivity index (χ4v) is 3.01. The molecule has 0 radical (unpaired) electrons. The second-order valence-electron chi connectivity index (χ2n) is 4.60. The van der Waals surface area contributed by atoms with Gasteiger partial charge in [-0.15, -0.1) is 0 Å². The molecule has 5 heteroatoms. The van der Waals surface area contributed by atoms with Gasteiger partial charge in [0.25, 0.3) is 0 Å². The lowest BCUT2D eigenvalue weighted by Crippen LogP contribution is -2.24. The quantitative estimate of drug-likeness (QED) is 0.713. The van der Waals surface area contributed by atoms with Crippen LogP contribution in [0.15, 0.2) is 44.1 Å². The molecule has 2 nitrogen and oxygen atoms in total. The van der Waals surface area contributed by atoms with Gasteiger partial charge in [-0.1, -0.05) is 22.9 Å². The van der Waals surface area contributed by atoms with Crippen molar-refractivity contribution in [3.05, 3.63) is 56.6 Å². The lowest BCUT2D eigenvalue weighted by molar-refractivity contribution is 0.490. The molecule has 1 N–H and O–H groups in total. The van der Waals surface area contributed by atoms with Crippen LogP contribution in [0.1, 0.15) is 30.5 Å². The summed E-state index contributed by atoms with van der Waals surface area (Å²) < 4.78 is 20.8. The van der Waals surface area contributed by atoms with E-state index in [1.54, 1.807) is 12.3 Å². The predicted molar refractivity (Wildman–Crippen MR) is 85.2 cm³/mol. The molecule has 1 heterocycles. The molecule has 0 amide bonds. The number of rotatable bonds is 6. The summed E-state index contributed by atoms with van der Waals surface area (Å²) >= 11 is 6.78. The van der Waals surface area contributed by atoms with Gasteiger partial charge in [0.15, 0.2) is 4.67 Å². The third-order valence-corrected chi connectivity index (χ3v) is 4.23. The van der Waals surface area contributed by atoms with Crippen molar-refractivity contribution >= 4 is 31.9 Å². The molecule has 2 rings (SSSR count). The molecule has 0 spiro atoms. The van der Waals surface area contributed by atoms with Crippen LogP contribution in [0.2, 0.25) is 0 Å². The second-order valence-corrected chi connectivity index (χ2v) is 6.23. The predicted octanol–water partition coefficient (Wildman–Crippen LogP) is 5.23. The zero-order chi connectivity index (χ0) is 14.5. The van der Waals surface area contributed by atoms with E-state index in [-0.39, 0.29) is 11.9 Å². The van der Waals surface area contributed by atoms with Crippen molar-refractivity contribution in [3.63, 3.8) is 0 Å². The topological polar surface area (TPSA) is 25.2 Å². The highest BCUT2D eigenvalue weighted by atomic mass is 79.9. The average molecular weight is 405 g/mol. The fourth-order valence-electron chi connectivity index (χ4n) is 2.08. The van der Waals surface area contributed by atoms with E-state index in [2.05, 4.69) is 44.1 Å². The summed E-state index contributed by atoms with van der Waals surface area (Å²) in [6.07, 6.45) is 3.23. The van der Waals surface area contributed by atoms with Gasteiger partial charge in [-0.2, -0.15) is 0 Å². The number of hydrogen-bond acceptors (Lipinski definition) is 2. The van der Waals surface area contributed by atoms with Crippen molar-refractivity contribution in [1.29, 1.82) is 0 Å². The molecule has 0 saturated heterocycles. The van der Waals surface area contributed by atoms with Gasteiger partial charge in [-0.3, -0.25) is 0 Å². The van der Waals surface area contributed by atoms with E-state index in [9.17, 15) is 4.39 Å². The highest BCUT2D eigenvalue weighted by Crippen LogP contribution is 2.28. The van der Waals surface area contributed by atoms with E-state index < -0.39 is 0 Å². The van der Waals surface area contributed by atoms with Crippen molar-refractivity contribution in [2.45, 2.75) is 25.8 Å². The van der Waals surface area contributed by atoms with Crippen LogP contribution >= 0.6 is 31.9 Å². The first-order chi connectivity index (χ1) is 9.61. The van der Waals surface area contributed by atoms with Crippen LogP contribution in [0, 0.1) is 5.82 Å². The SMILES string of the molecule is CCCNC(Cc1cc(Br)ccc1F)c1ccoc1Br. The van der Waals surface area contributed by atoms with Crippen LogP contribution in [-0.4, -0.2) is 6.54 Å². The number of benzene rings is 1. The zero-order valence-corrected chi connectivity index (χ0v) is 14.3. The standard InChI is InChI=1S/C15H16Br2FNO/c1-2-6-19-14(12-5-7-20-15(12)17)9-10-8-11(16)3-4-13(10)18/h3-5,7-8,14,19H,2,6,9H2,1H3. The largest absolute Gasteiger partial charge is 0.457 e. The van der Waals surface area contributed by atoms with Gasteiger partial charge in [0.1, 0.15) is 5.82 Å². The maximum Gasteiger partial charge on any atom is 0.173 e. The molecule has 0 aliphatic heterocycles. The van der Waals surface area contributed by atoms with Gasteiger partial charge in [0, 0.05) is 16.1 Å². The molecular weight excluding hydrogens is 389 g/mol. The maximum absolute atomic E-state index is 13.9. The highest BCUT2D eigenvalue weighted by Gasteiger charge is 2.18. The van der Waals surface area contributed by atoms with Gasteiger partial charge < -0.3 is 9.73 Å². The molecule has 0 saturated carbocycles. The van der Waals surface area contributed by atoms with Crippen LogP contribution in [0.3, 0.4) is 0 Å². The number of halogens is 3. The molecule has 0 bridgehead atoms. The summed E-state index contributed by atoms with van der Waals surface area (Å²) in [4.78, 5) is 0. The number of furan rings is 1. The molecule has 0 fully saturated rings. The van der Waals surface area contributed by atoms with Crippen molar-refractivity contribution < 1.29 is 8.81 Å².